The Morgan fingerprint density at radius 2 is 2.00 bits per heavy atom. The van der Waals surface area contributed by atoms with Crippen LogP contribution < -0.4 is 15.8 Å². The van der Waals surface area contributed by atoms with E-state index in [4.69, 9.17) is 10.5 Å². The van der Waals surface area contributed by atoms with E-state index in [1.807, 2.05) is 6.07 Å². The molecule has 0 aliphatic carbocycles. The number of nitrogens with zero attached hydrogens (tertiary/aromatic N) is 1. The van der Waals surface area contributed by atoms with Crippen molar-refractivity contribution in [3.8, 4) is 5.75 Å². The quantitative estimate of drug-likeness (QED) is 0.495. The largest absolute Gasteiger partial charge is 0.484 e. The average Bonchev–Trinajstić information content (AvgIpc) is 2.83. The summed E-state index contributed by atoms with van der Waals surface area (Å²) in [5.74, 6) is -1.71. The molecule has 0 bridgehead atoms. The fourth-order valence-electron chi connectivity index (χ4n) is 3.13. The van der Waals surface area contributed by atoms with Gasteiger partial charge in [0.25, 0.3) is 11.8 Å². The lowest BCUT2D eigenvalue weighted by Crippen LogP contribution is -2.84. The average molecular weight is 365 g/mol. The number of fused-ring (bicyclic) bond motifs is 1. The highest BCUT2D eigenvalue weighted by molar-refractivity contribution is 8.01. The van der Waals surface area contributed by atoms with Gasteiger partial charge in [-0.25, -0.2) is 4.79 Å². The summed E-state index contributed by atoms with van der Waals surface area (Å²) >= 11 is 1.26. The maximum Gasteiger partial charge on any atom is 0.327 e. The molecule has 0 saturated carbocycles. The number of hydrogen-bond donors (Lipinski definition) is 3. The summed E-state index contributed by atoms with van der Waals surface area (Å²) in [4.78, 5) is 37.3. The van der Waals surface area contributed by atoms with E-state index in [0.29, 0.717) is 5.75 Å². The van der Waals surface area contributed by atoms with Crippen molar-refractivity contribution in [3.63, 3.8) is 0 Å². The second-order valence-corrected chi connectivity index (χ2v) is 8.28. The predicted molar refractivity (Wildman–Crippen MR) is 90.7 cm³/mol. The van der Waals surface area contributed by atoms with Crippen LogP contribution in [-0.4, -0.2) is 56.2 Å². The van der Waals surface area contributed by atoms with Crippen LogP contribution >= 0.6 is 11.8 Å². The number of thioether (sulfide) groups is 1. The molecule has 2 aliphatic heterocycles. The van der Waals surface area contributed by atoms with E-state index in [-0.39, 0.29) is 6.61 Å². The van der Waals surface area contributed by atoms with Gasteiger partial charge in [-0.1, -0.05) is 18.2 Å². The lowest BCUT2D eigenvalue weighted by Gasteiger charge is -2.50. The van der Waals surface area contributed by atoms with Gasteiger partial charge in [-0.15, -0.1) is 11.8 Å². The van der Waals surface area contributed by atoms with E-state index >= 15 is 0 Å². The van der Waals surface area contributed by atoms with Gasteiger partial charge in [0, 0.05) is 4.75 Å². The number of para-hydroxylation sites is 1. The summed E-state index contributed by atoms with van der Waals surface area (Å²) in [5, 5.41) is 11.3. The summed E-state index contributed by atoms with van der Waals surface area (Å²) in [7, 11) is 0. The Balaban J connectivity index is 1.66. The minimum Gasteiger partial charge on any atom is -0.484 e. The van der Waals surface area contributed by atoms with Crippen molar-refractivity contribution in [1.29, 1.82) is 0 Å². The normalized spacial score (nSPS) is 29.6. The van der Waals surface area contributed by atoms with Crippen molar-refractivity contribution >= 4 is 29.5 Å². The lowest BCUT2D eigenvalue weighted by molar-refractivity contribution is -0.168. The minimum absolute atomic E-state index is 0.292. The van der Waals surface area contributed by atoms with Gasteiger partial charge in [-0.3, -0.25) is 15.3 Å². The van der Waals surface area contributed by atoms with Crippen molar-refractivity contribution in [2.45, 2.75) is 35.7 Å². The topological polar surface area (TPSA) is 122 Å². The number of nitrogens with one attached hydrogen (secondary N) is 1. The van der Waals surface area contributed by atoms with Gasteiger partial charge in [0.15, 0.2) is 12.3 Å². The molecular weight excluding hydrogens is 346 g/mol. The van der Waals surface area contributed by atoms with Crippen LogP contribution in [0.1, 0.15) is 13.8 Å². The summed E-state index contributed by atoms with van der Waals surface area (Å²) in [5.41, 5.74) is 4.47. The van der Waals surface area contributed by atoms with Gasteiger partial charge >= 0.3 is 5.97 Å². The number of amides is 2. The first-order chi connectivity index (χ1) is 11.7. The van der Waals surface area contributed by atoms with Crippen molar-refractivity contribution in [3.05, 3.63) is 30.3 Å². The number of carboxylic acids is 1. The van der Waals surface area contributed by atoms with Crippen molar-refractivity contribution in [2.24, 2.45) is 5.73 Å². The molecule has 8 nitrogen and oxygen atoms in total. The Morgan fingerprint density at radius 3 is 2.60 bits per heavy atom. The van der Waals surface area contributed by atoms with Gasteiger partial charge in [0.05, 0.1) is 0 Å². The second kappa shape index (κ2) is 5.92. The third-order valence-electron chi connectivity index (χ3n) is 4.28. The second-order valence-electron chi connectivity index (χ2n) is 6.55. The Labute approximate surface area is 148 Å². The van der Waals surface area contributed by atoms with Crippen LogP contribution in [0, 0.1) is 0 Å². The van der Waals surface area contributed by atoms with Gasteiger partial charge in [-0.05, 0) is 26.0 Å². The molecule has 3 atom stereocenters. The van der Waals surface area contributed by atoms with E-state index in [0.717, 1.165) is 0 Å². The molecule has 1 unspecified atom stereocenters. The minimum atomic E-state index is -1.62. The number of benzene rings is 1. The van der Waals surface area contributed by atoms with Gasteiger partial charge in [-0.2, -0.15) is 0 Å². The molecule has 1 aromatic carbocycles. The molecule has 2 heterocycles. The zero-order chi connectivity index (χ0) is 18.4. The molecule has 9 heteroatoms. The highest BCUT2D eigenvalue weighted by atomic mass is 32.2. The summed E-state index contributed by atoms with van der Waals surface area (Å²) in [6.45, 7) is 3.19. The van der Waals surface area contributed by atoms with Crippen LogP contribution in [0.25, 0.3) is 0 Å². The molecule has 2 amide bonds. The number of nitrogens with two attached hydrogens (primary N) is 1. The maximum atomic E-state index is 12.4. The number of carboxylic acid groups (broad SMARTS) is 1. The standard InChI is InChI=1S/C16H19N3O5S/c1-15(2)11(12(21)22)19-13(23)16(17,14(19)25-15)18-10(20)8-24-9-6-4-3-5-7-9/h3-7,11,14H,8,17H2,1-2H3,(H,18,20)(H,21,22)/t11-,14+,16?/m0/s1. The zero-order valence-corrected chi connectivity index (χ0v) is 14.6. The molecule has 1 aromatic rings. The fraction of sp³-hybridized carbons (Fsp3) is 0.438. The zero-order valence-electron chi connectivity index (χ0n) is 13.8. The molecule has 134 valence electrons. The molecule has 0 spiro atoms. The van der Waals surface area contributed by atoms with Gasteiger partial charge in [0.1, 0.15) is 17.2 Å². The van der Waals surface area contributed by atoms with E-state index in [9.17, 15) is 19.5 Å². The number of rotatable bonds is 5. The highest BCUT2D eigenvalue weighted by Crippen LogP contribution is 2.53. The van der Waals surface area contributed by atoms with Crippen LogP contribution in [0.5, 0.6) is 5.75 Å². The summed E-state index contributed by atoms with van der Waals surface area (Å²) in [6.07, 6.45) is 0. The van der Waals surface area contributed by atoms with Crippen molar-refractivity contribution < 1.29 is 24.2 Å². The molecule has 4 N–H and O–H groups in total. The first-order valence-electron chi connectivity index (χ1n) is 7.68. The number of aliphatic carboxylic acids is 1. The molecule has 0 radical (unpaired) electrons. The third-order valence-corrected chi connectivity index (χ3v) is 5.93. The van der Waals surface area contributed by atoms with E-state index < -0.39 is 39.6 Å². The Morgan fingerprint density at radius 1 is 1.36 bits per heavy atom. The van der Waals surface area contributed by atoms with Crippen molar-refractivity contribution in [1.82, 2.24) is 10.2 Å². The van der Waals surface area contributed by atoms with Crippen LogP contribution in [0.2, 0.25) is 0 Å². The number of hydrogen-bond acceptors (Lipinski definition) is 6. The van der Waals surface area contributed by atoms with Crippen LogP contribution in [-0.2, 0) is 14.4 Å². The van der Waals surface area contributed by atoms with Gasteiger partial charge in [0.2, 0.25) is 0 Å². The number of ether oxygens (including phenoxy) is 1. The van der Waals surface area contributed by atoms with Crippen LogP contribution in [0.3, 0.4) is 0 Å². The summed E-state index contributed by atoms with van der Waals surface area (Å²) < 4.78 is 4.63. The smallest absolute Gasteiger partial charge is 0.327 e. The number of carbonyl (C=O) groups is 3. The Hall–Kier alpha value is -2.26. The SMILES string of the molecule is CC1(C)S[C@H]2N(C(=O)C2(N)NC(=O)COc2ccccc2)[C@H]1C(=O)O. The molecule has 2 saturated heterocycles. The molecule has 3 rings (SSSR count). The monoisotopic (exact) mass is 365 g/mol. The Bertz CT molecular complexity index is 726. The van der Waals surface area contributed by atoms with E-state index in [2.05, 4.69) is 5.32 Å². The van der Waals surface area contributed by atoms with E-state index in [1.165, 1.54) is 16.7 Å². The molecule has 2 fully saturated rings. The lowest BCUT2D eigenvalue weighted by atomic mass is 9.92. The molecular formula is C16H19N3O5S. The predicted octanol–water partition coefficient (Wildman–Crippen LogP) is -0.0165. The number of carbonyl (C=O) groups excluding carboxylic acids is 2. The summed E-state index contributed by atoms with van der Waals surface area (Å²) in [6, 6.07) is 7.79. The Kier molecular flexibility index (Phi) is 4.16. The number of β-lactam (4-membered cyclic amide) rings is 1. The maximum absolute atomic E-state index is 12.4. The molecule has 2 aliphatic rings. The van der Waals surface area contributed by atoms with Crippen molar-refractivity contribution in [2.75, 3.05) is 6.61 Å². The van der Waals surface area contributed by atoms with Gasteiger partial charge < -0.3 is 20.1 Å². The van der Waals surface area contributed by atoms with E-state index in [1.54, 1.807) is 38.1 Å². The third kappa shape index (κ3) is 2.83. The first-order valence-corrected chi connectivity index (χ1v) is 8.56. The highest BCUT2D eigenvalue weighted by Gasteiger charge is 2.70. The first kappa shape index (κ1) is 17.6. The van der Waals surface area contributed by atoms with Crippen LogP contribution in [0.15, 0.2) is 30.3 Å². The molecule has 0 aromatic heterocycles. The van der Waals surface area contributed by atoms with Crippen LogP contribution in [0.4, 0.5) is 0 Å². The molecule has 25 heavy (non-hydrogen) atoms. The fourth-order valence-corrected chi connectivity index (χ4v) is 4.73.